The largest absolute Gasteiger partial charge is 0.464 e. The lowest BCUT2D eigenvalue weighted by Crippen LogP contribution is -2.46. The maximum absolute atomic E-state index is 13.5. The summed E-state index contributed by atoms with van der Waals surface area (Å²) in [6.07, 6.45) is 0.707. The number of rotatable bonds is 6. The van der Waals surface area contributed by atoms with Crippen molar-refractivity contribution in [3.8, 4) is 0 Å². The van der Waals surface area contributed by atoms with Crippen molar-refractivity contribution in [2.24, 2.45) is 0 Å². The van der Waals surface area contributed by atoms with Gasteiger partial charge in [0.15, 0.2) is 0 Å². The summed E-state index contributed by atoms with van der Waals surface area (Å²) in [6, 6.07) is 19.3. The number of carbonyl (C=O) groups excluding carboxylic acids is 4. The van der Waals surface area contributed by atoms with Crippen LogP contribution >= 0.6 is 11.6 Å². The second-order valence-electron chi connectivity index (χ2n) is 9.81. The quantitative estimate of drug-likeness (QED) is 0.268. The summed E-state index contributed by atoms with van der Waals surface area (Å²) >= 11 is 6.20. The molecule has 3 aromatic carbocycles. The molecule has 0 aliphatic carbocycles. The SMILES string of the molecule is COC(=O)c1[nH]c2ccc(Cl)cc2c1NC(=O)CN1CCc2ccccc2C1CN1C(=O)c2ccccc2C1=O. The van der Waals surface area contributed by atoms with E-state index in [0.717, 1.165) is 11.1 Å². The molecule has 4 aromatic rings. The first kappa shape index (κ1) is 25.8. The summed E-state index contributed by atoms with van der Waals surface area (Å²) in [4.78, 5) is 58.5. The number of nitrogens with one attached hydrogen (secondary N) is 2. The number of imide groups is 1. The second kappa shape index (κ2) is 10.3. The van der Waals surface area contributed by atoms with Crippen LogP contribution in [0.2, 0.25) is 5.02 Å². The second-order valence-corrected chi connectivity index (χ2v) is 10.2. The highest BCUT2D eigenvalue weighted by atomic mass is 35.5. The Kier molecular flexibility index (Phi) is 6.61. The molecule has 9 nitrogen and oxygen atoms in total. The van der Waals surface area contributed by atoms with Gasteiger partial charge in [0, 0.05) is 29.0 Å². The number of methoxy groups -OCH3 is 1. The third kappa shape index (κ3) is 4.43. The molecule has 1 unspecified atom stereocenters. The van der Waals surface area contributed by atoms with Crippen molar-refractivity contribution in [2.75, 3.05) is 32.1 Å². The van der Waals surface area contributed by atoms with Gasteiger partial charge in [-0.1, -0.05) is 48.0 Å². The first-order chi connectivity index (χ1) is 19.4. The van der Waals surface area contributed by atoms with Gasteiger partial charge >= 0.3 is 5.97 Å². The highest BCUT2D eigenvalue weighted by molar-refractivity contribution is 6.31. The normalized spacial score (nSPS) is 16.6. The lowest BCUT2D eigenvalue weighted by molar-refractivity contribution is -0.118. The Labute approximate surface area is 234 Å². The van der Waals surface area contributed by atoms with Gasteiger partial charge in [0.25, 0.3) is 11.8 Å². The number of H-pyrrole nitrogens is 1. The Morgan fingerprint density at radius 2 is 1.73 bits per heavy atom. The van der Waals surface area contributed by atoms with Crippen LogP contribution in [0.15, 0.2) is 66.7 Å². The van der Waals surface area contributed by atoms with E-state index in [-0.39, 0.29) is 42.2 Å². The van der Waals surface area contributed by atoms with Crippen molar-refractivity contribution in [1.82, 2.24) is 14.8 Å². The van der Waals surface area contributed by atoms with Gasteiger partial charge in [-0.15, -0.1) is 0 Å². The van der Waals surface area contributed by atoms with Gasteiger partial charge in [-0.2, -0.15) is 0 Å². The molecule has 2 N–H and O–H groups in total. The smallest absolute Gasteiger partial charge is 0.356 e. The van der Waals surface area contributed by atoms with Gasteiger partial charge in [-0.25, -0.2) is 4.79 Å². The van der Waals surface area contributed by atoms with Crippen LogP contribution in [0.5, 0.6) is 0 Å². The van der Waals surface area contributed by atoms with Gasteiger partial charge in [0.2, 0.25) is 5.91 Å². The molecule has 1 aromatic heterocycles. The van der Waals surface area contributed by atoms with E-state index >= 15 is 0 Å². The summed E-state index contributed by atoms with van der Waals surface area (Å²) in [5.74, 6) is -1.67. The Morgan fingerprint density at radius 3 is 2.45 bits per heavy atom. The third-order valence-corrected chi connectivity index (χ3v) is 7.75. The Balaban J connectivity index is 1.29. The fourth-order valence-electron chi connectivity index (χ4n) is 5.60. The summed E-state index contributed by atoms with van der Waals surface area (Å²) in [6.45, 7) is 0.616. The molecule has 0 spiro atoms. The predicted molar refractivity (Wildman–Crippen MR) is 150 cm³/mol. The fraction of sp³-hybridized carbons (Fsp3) is 0.200. The van der Waals surface area contributed by atoms with E-state index in [9.17, 15) is 19.2 Å². The standard InChI is InChI=1S/C30H25ClN4O5/c1-40-30(39)27-26(22-14-18(31)10-11-23(22)32-27)33-25(36)16-34-13-12-17-6-2-3-7-19(17)24(34)15-35-28(37)20-8-4-5-9-21(20)29(35)38/h2-11,14,24,32H,12-13,15-16H2,1H3,(H,33,36). The zero-order chi connectivity index (χ0) is 28.0. The average molecular weight is 557 g/mol. The molecular weight excluding hydrogens is 532 g/mol. The van der Waals surface area contributed by atoms with Crippen molar-refractivity contribution in [1.29, 1.82) is 0 Å². The fourth-order valence-corrected chi connectivity index (χ4v) is 5.77. The minimum atomic E-state index is -0.627. The molecule has 3 heterocycles. The molecule has 0 fully saturated rings. The van der Waals surface area contributed by atoms with Gasteiger partial charge in [0.1, 0.15) is 5.69 Å². The van der Waals surface area contributed by atoms with E-state index in [1.54, 1.807) is 42.5 Å². The van der Waals surface area contributed by atoms with Gasteiger partial charge in [0.05, 0.1) is 36.5 Å². The van der Waals surface area contributed by atoms with Crippen molar-refractivity contribution in [2.45, 2.75) is 12.5 Å². The van der Waals surface area contributed by atoms with Crippen LogP contribution in [0, 0.1) is 0 Å². The third-order valence-electron chi connectivity index (χ3n) is 7.52. The molecule has 2 aliphatic rings. The van der Waals surface area contributed by atoms with Crippen LogP contribution in [-0.2, 0) is 16.0 Å². The molecule has 10 heteroatoms. The number of nitrogens with zero attached hydrogens (tertiary/aromatic N) is 2. The summed E-state index contributed by atoms with van der Waals surface area (Å²) < 4.78 is 4.91. The van der Waals surface area contributed by atoms with E-state index in [1.165, 1.54) is 12.0 Å². The van der Waals surface area contributed by atoms with Crippen LogP contribution in [0.25, 0.3) is 10.9 Å². The number of halogens is 1. The maximum atomic E-state index is 13.5. The van der Waals surface area contributed by atoms with Crippen molar-refractivity contribution in [3.05, 3.63) is 99.7 Å². The van der Waals surface area contributed by atoms with Crippen LogP contribution in [-0.4, -0.2) is 65.2 Å². The van der Waals surface area contributed by atoms with Crippen molar-refractivity contribution < 1.29 is 23.9 Å². The van der Waals surface area contributed by atoms with Crippen LogP contribution < -0.4 is 5.32 Å². The molecule has 0 radical (unpaired) electrons. The summed E-state index contributed by atoms with van der Waals surface area (Å²) in [5, 5.41) is 3.90. The number of anilines is 1. The molecular formula is C30H25ClN4O5. The average Bonchev–Trinajstić information content (AvgIpc) is 3.43. The van der Waals surface area contributed by atoms with E-state index in [4.69, 9.17) is 16.3 Å². The highest BCUT2D eigenvalue weighted by Gasteiger charge is 2.39. The Morgan fingerprint density at radius 1 is 1.02 bits per heavy atom. The molecule has 0 bridgehead atoms. The van der Waals surface area contributed by atoms with E-state index < -0.39 is 12.0 Å². The zero-order valence-electron chi connectivity index (χ0n) is 21.6. The molecule has 202 valence electrons. The topological polar surface area (TPSA) is 112 Å². The van der Waals surface area contributed by atoms with E-state index in [0.29, 0.717) is 40.0 Å². The lowest BCUT2D eigenvalue weighted by atomic mass is 9.92. The van der Waals surface area contributed by atoms with Crippen LogP contribution in [0.1, 0.15) is 48.4 Å². The monoisotopic (exact) mass is 556 g/mol. The molecule has 1 atom stereocenters. The molecule has 40 heavy (non-hydrogen) atoms. The first-order valence-corrected chi connectivity index (χ1v) is 13.2. The number of ether oxygens (including phenoxy) is 1. The number of aromatic nitrogens is 1. The number of aromatic amines is 1. The molecule has 3 amide bonds. The molecule has 0 saturated carbocycles. The number of carbonyl (C=O) groups is 4. The zero-order valence-corrected chi connectivity index (χ0v) is 22.3. The number of hydrogen-bond donors (Lipinski definition) is 2. The minimum Gasteiger partial charge on any atom is -0.464 e. The number of amides is 3. The van der Waals surface area contributed by atoms with Gasteiger partial charge in [-0.3, -0.25) is 24.2 Å². The number of fused-ring (bicyclic) bond motifs is 3. The van der Waals surface area contributed by atoms with Gasteiger partial charge < -0.3 is 15.0 Å². The summed E-state index contributed by atoms with van der Waals surface area (Å²) in [7, 11) is 1.27. The van der Waals surface area contributed by atoms with E-state index in [2.05, 4.69) is 10.3 Å². The summed E-state index contributed by atoms with van der Waals surface area (Å²) in [5.41, 5.74) is 3.86. The van der Waals surface area contributed by atoms with E-state index in [1.807, 2.05) is 29.2 Å². The van der Waals surface area contributed by atoms with Gasteiger partial charge in [-0.05, 0) is 47.9 Å². The Hall–Kier alpha value is -4.47. The predicted octanol–water partition coefficient (Wildman–Crippen LogP) is 4.44. The number of hydrogen-bond acceptors (Lipinski definition) is 6. The minimum absolute atomic E-state index is 0.0317. The number of esters is 1. The van der Waals surface area contributed by atoms with Crippen molar-refractivity contribution >= 4 is 51.9 Å². The first-order valence-electron chi connectivity index (χ1n) is 12.8. The maximum Gasteiger partial charge on any atom is 0.356 e. The highest BCUT2D eigenvalue weighted by Crippen LogP contribution is 2.34. The Bertz CT molecular complexity index is 1660. The number of benzene rings is 3. The molecule has 0 saturated heterocycles. The van der Waals surface area contributed by atoms with Crippen LogP contribution in [0.4, 0.5) is 5.69 Å². The lowest BCUT2D eigenvalue weighted by Gasteiger charge is -2.38. The molecule has 2 aliphatic heterocycles. The molecule has 6 rings (SSSR count). The van der Waals surface area contributed by atoms with Crippen LogP contribution in [0.3, 0.4) is 0 Å². The van der Waals surface area contributed by atoms with Crippen molar-refractivity contribution in [3.63, 3.8) is 0 Å².